The van der Waals surface area contributed by atoms with Crippen molar-refractivity contribution in [2.75, 3.05) is 22.6 Å². The van der Waals surface area contributed by atoms with Crippen molar-refractivity contribution in [3.63, 3.8) is 0 Å². The number of rotatable bonds is 2. The monoisotopic (exact) mass is 345 g/mol. The van der Waals surface area contributed by atoms with Gasteiger partial charge in [0.15, 0.2) is 6.10 Å². The lowest BCUT2D eigenvalue weighted by atomic mass is 10.2. The number of urea groups is 1. The van der Waals surface area contributed by atoms with Crippen molar-refractivity contribution in [2.45, 2.75) is 13.0 Å². The molecule has 7 heteroatoms. The molecule has 1 aliphatic rings. The second-order valence-corrected chi connectivity index (χ2v) is 5.87. The SMILES string of the molecule is CC1Oc2ccc(NC(=O)Nc3cccc(Cl)c3)cc2N(C)C1=O. The van der Waals surface area contributed by atoms with Crippen LogP contribution < -0.4 is 20.3 Å². The van der Waals surface area contributed by atoms with Gasteiger partial charge in [0.25, 0.3) is 5.91 Å². The van der Waals surface area contributed by atoms with E-state index in [-0.39, 0.29) is 5.91 Å². The van der Waals surface area contributed by atoms with E-state index in [0.29, 0.717) is 27.8 Å². The summed E-state index contributed by atoms with van der Waals surface area (Å²) in [7, 11) is 1.68. The first-order valence-corrected chi connectivity index (χ1v) is 7.73. The number of nitrogens with zero attached hydrogens (tertiary/aromatic N) is 1. The van der Waals surface area contributed by atoms with E-state index < -0.39 is 12.1 Å². The lowest BCUT2D eigenvalue weighted by Gasteiger charge is -2.30. The van der Waals surface area contributed by atoms with Crippen LogP contribution in [0.15, 0.2) is 42.5 Å². The minimum absolute atomic E-state index is 0.136. The van der Waals surface area contributed by atoms with Crippen molar-refractivity contribution in [2.24, 2.45) is 0 Å². The van der Waals surface area contributed by atoms with Crippen molar-refractivity contribution in [3.05, 3.63) is 47.5 Å². The van der Waals surface area contributed by atoms with Crippen molar-refractivity contribution in [1.29, 1.82) is 0 Å². The number of hydrogen-bond acceptors (Lipinski definition) is 3. The molecule has 2 aromatic rings. The largest absolute Gasteiger partial charge is 0.479 e. The first kappa shape index (κ1) is 16.1. The van der Waals surface area contributed by atoms with Crippen LogP contribution in [0.5, 0.6) is 5.75 Å². The van der Waals surface area contributed by atoms with Gasteiger partial charge in [-0.15, -0.1) is 0 Å². The molecule has 6 nitrogen and oxygen atoms in total. The molecule has 1 unspecified atom stereocenters. The molecule has 1 heterocycles. The van der Waals surface area contributed by atoms with Gasteiger partial charge < -0.3 is 20.3 Å². The van der Waals surface area contributed by atoms with Crippen molar-refractivity contribution in [3.8, 4) is 5.75 Å². The Morgan fingerprint density at radius 2 is 1.88 bits per heavy atom. The third kappa shape index (κ3) is 3.28. The molecule has 0 bridgehead atoms. The molecular weight excluding hydrogens is 330 g/mol. The van der Waals surface area contributed by atoms with Gasteiger partial charge in [0.1, 0.15) is 5.75 Å². The number of likely N-dealkylation sites (N-methyl/N-ethyl adjacent to an activating group) is 1. The summed E-state index contributed by atoms with van der Waals surface area (Å²) >= 11 is 5.89. The van der Waals surface area contributed by atoms with Crippen LogP contribution in [0, 0.1) is 0 Å². The minimum Gasteiger partial charge on any atom is -0.479 e. The van der Waals surface area contributed by atoms with Crippen LogP contribution >= 0.6 is 11.6 Å². The van der Waals surface area contributed by atoms with Crippen molar-refractivity contribution in [1.82, 2.24) is 0 Å². The molecule has 124 valence electrons. The summed E-state index contributed by atoms with van der Waals surface area (Å²) in [6, 6.07) is 11.6. The van der Waals surface area contributed by atoms with Gasteiger partial charge in [0.05, 0.1) is 5.69 Å². The van der Waals surface area contributed by atoms with Gasteiger partial charge in [-0.1, -0.05) is 17.7 Å². The van der Waals surface area contributed by atoms with E-state index >= 15 is 0 Å². The quantitative estimate of drug-likeness (QED) is 0.871. The van der Waals surface area contributed by atoms with Gasteiger partial charge in [0.2, 0.25) is 0 Å². The highest BCUT2D eigenvalue weighted by atomic mass is 35.5. The maximum Gasteiger partial charge on any atom is 0.323 e. The molecule has 3 amide bonds. The van der Waals surface area contributed by atoms with E-state index in [1.165, 1.54) is 4.90 Å². The molecule has 24 heavy (non-hydrogen) atoms. The minimum atomic E-state index is -0.521. The molecule has 2 aromatic carbocycles. The summed E-state index contributed by atoms with van der Waals surface area (Å²) in [5, 5.41) is 5.95. The standard InChI is InChI=1S/C17H16ClN3O3/c1-10-16(22)21(2)14-9-13(6-7-15(14)24-10)20-17(23)19-12-5-3-4-11(18)8-12/h3-10H,1-2H3,(H2,19,20,23). The van der Waals surface area contributed by atoms with Gasteiger partial charge in [0, 0.05) is 23.4 Å². The Bertz CT molecular complexity index is 809. The summed E-state index contributed by atoms with van der Waals surface area (Å²) in [5.41, 5.74) is 1.74. The lowest BCUT2D eigenvalue weighted by molar-refractivity contribution is -0.125. The highest BCUT2D eigenvalue weighted by molar-refractivity contribution is 6.30. The highest BCUT2D eigenvalue weighted by Crippen LogP contribution is 2.35. The maximum atomic E-state index is 12.1. The van der Waals surface area contributed by atoms with Crippen LogP contribution in [0.25, 0.3) is 0 Å². The van der Waals surface area contributed by atoms with Gasteiger partial charge in [-0.3, -0.25) is 4.79 Å². The number of halogens is 1. The first-order valence-electron chi connectivity index (χ1n) is 7.36. The number of benzene rings is 2. The smallest absolute Gasteiger partial charge is 0.323 e. The van der Waals surface area contributed by atoms with E-state index in [0.717, 1.165) is 0 Å². The number of carbonyl (C=O) groups is 2. The van der Waals surface area contributed by atoms with Crippen LogP contribution in [-0.2, 0) is 4.79 Å². The Morgan fingerprint density at radius 1 is 1.17 bits per heavy atom. The molecule has 2 N–H and O–H groups in total. The van der Waals surface area contributed by atoms with Crippen LogP contribution in [0.2, 0.25) is 5.02 Å². The zero-order valence-corrected chi connectivity index (χ0v) is 13.9. The number of anilines is 3. The van der Waals surface area contributed by atoms with E-state index in [1.54, 1.807) is 56.4 Å². The second-order valence-electron chi connectivity index (χ2n) is 5.43. The van der Waals surface area contributed by atoms with Crippen LogP contribution in [-0.4, -0.2) is 25.1 Å². The second kappa shape index (κ2) is 6.41. The van der Waals surface area contributed by atoms with Gasteiger partial charge in [-0.05, 0) is 43.3 Å². The fourth-order valence-corrected chi connectivity index (χ4v) is 2.64. The Morgan fingerprint density at radius 3 is 2.58 bits per heavy atom. The number of amides is 3. The third-order valence-electron chi connectivity index (χ3n) is 3.64. The van der Waals surface area contributed by atoms with E-state index in [2.05, 4.69) is 10.6 Å². The summed E-state index contributed by atoms with van der Waals surface area (Å²) in [6.45, 7) is 1.70. The average molecular weight is 346 g/mol. The predicted octanol–water partition coefficient (Wildman–Crippen LogP) is 3.73. The Labute approximate surface area is 144 Å². The predicted molar refractivity (Wildman–Crippen MR) is 94.0 cm³/mol. The fourth-order valence-electron chi connectivity index (χ4n) is 2.45. The van der Waals surface area contributed by atoms with Crippen LogP contribution in [0.1, 0.15) is 6.92 Å². The number of nitrogens with one attached hydrogen (secondary N) is 2. The first-order chi connectivity index (χ1) is 11.4. The van der Waals surface area contributed by atoms with E-state index in [1.807, 2.05) is 0 Å². The lowest BCUT2D eigenvalue weighted by Crippen LogP contribution is -2.42. The van der Waals surface area contributed by atoms with E-state index in [9.17, 15) is 9.59 Å². The highest BCUT2D eigenvalue weighted by Gasteiger charge is 2.29. The zero-order chi connectivity index (χ0) is 17.3. The number of carbonyl (C=O) groups excluding carboxylic acids is 2. The van der Waals surface area contributed by atoms with Crippen LogP contribution in [0.3, 0.4) is 0 Å². The van der Waals surface area contributed by atoms with Gasteiger partial charge in [-0.2, -0.15) is 0 Å². The van der Waals surface area contributed by atoms with Crippen LogP contribution in [0.4, 0.5) is 21.9 Å². The Kier molecular flexibility index (Phi) is 4.31. The third-order valence-corrected chi connectivity index (χ3v) is 3.88. The zero-order valence-electron chi connectivity index (χ0n) is 13.2. The summed E-state index contributed by atoms with van der Waals surface area (Å²) < 4.78 is 5.55. The molecule has 0 aromatic heterocycles. The average Bonchev–Trinajstić information content (AvgIpc) is 2.53. The number of hydrogen-bond donors (Lipinski definition) is 2. The Hall–Kier alpha value is -2.73. The summed E-state index contributed by atoms with van der Waals surface area (Å²) in [6.07, 6.45) is -0.521. The molecule has 0 fully saturated rings. The molecule has 1 atom stereocenters. The molecule has 0 saturated heterocycles. The van der Waals surface area contributed by atoms with Gasteiger partial charge in [-0.25, -0.2) is 4.79 Å². The summed E-state index contributed by atoms with van der Waals surface area (Å²) in [5.74, 6) is 0.466. The topological polar surface area (TPSA) is 70.7 Å². The van der Waals surface area contributed by atoms with Gasteiger partial charge >= 0.3 is 6.03 Å². The van der Waals surface area contributed by atoms with Crippen molar-refractivity contribution < 1.29 is 14.3 Å². The summed E-state index contributed by atoms with van der Waals surface area (Å²) in [4.78, 5) is 25.6. The normalized spacial score (nSPS) is 16.2. The molecule has 0 radical (unpaired) electrons. The molecule has 1 aliphatic heterocycles. The van der Waals surface area contributed by atoms with E-state index in [4.69, 9.17) is 16.3 Å². The fraction of sp³-hybridized carbons (Fsp3) is 0.176. The molecular formula is C17H16ClN3O3. The number of fused-ring (bicyclic) bond motifs is 1. The molecule has 3 rings (SSSR count). The molecule has 0 spiro atoms. The molecule has 0 saturated carbocycles. The maximum absolute atomic E-state index is 12.1. The Balaban J connectivity index is 1.74. The molecule has 0 aliphatic carbocycles. The number of ether oxygens (including phenoxy) is 1. The van der Waals surface area contributed by atoms with Crippen molar-refractivity contribution >= 4 is 40.6 Å².